The van der Waals surface area contributed by atoms with E-state index in [0.717, 1.165) is 17.1 Å². The molecule has 11 rings (SSSR count). The Hall–Kier alpha value is -7.22. The van der Waals surface area contributed by atoms with Crippen LogP contribution >= 0.6 is 0 Å². The van der Waals surface area contributed by atoms with E-state index in [4.69, 9.17) is 0 Å². The van der Waals surface area contributed by atoms with Crippen LogP contribution in [0, 0.1) is 13.8 Å². The summed E-state index contributed by atoms with van der Waals surface area (Å²) < 4.78 is 0. The molecule has 0 saturated carbocycles. The zero-order valence-electron chi connectivity index (χ0n) is 35.2. The standard InChI is InChI=1S/C60H47N/c1-40-19-18-20-41(2)58(40)52-37-43(42-21-8-5-9-22-42)31-36-57(52)61(46-32-34-50-48-27-14-16-29-53(48)59(3,4)55(50)38-46)47-33-35-51-49-28-15-17-30-54(49)60(56(51)39-47,44-23-10-6-11-24-44)45-25-12-7-13-26-45/h5-39H,1-4H3. The summed E-state index contributed by atoms with van der Waals surface area (Å²) in [6, 6.07) is 79.2. The van der Waals surface area contributed by atoms with Gasteiger partial charge in [0, 0.05) is 22.4 Å². The van der Waals surface area contributed by atoms with Crippen molar-refractivity contribution in [3.8, 4) is 44.5 Å². The Morgan fingerprint density at radius 3 is 1.46 bits per heavy atom. The molecular weight excluding hydrogens is 735 g/mol. The molecule has 1 nitrogen and oxygen atoms in total. The van der Waals surface area contributed by atoms with Gasteiger partial charge in [0.15, 0.2) is 0 Å². The summed E-state index contributed by atoms with van der Waals surface area (Å²) in [5, 5.41) is 0. The van der Waals surface area contributed by atoms with E-state index >= 15 is 0 Å². The summed E-state index contributed by atoms with van der Waals surface area (Å²) in [6.07, 6.45) is 0. The minimum absolute atomic E-state index is 0.157. The first-order valence-electron chi connectivity index (χ1n) is 21.5. The van der Waals surface area contributed by atoms with Crippen molar-refractivity contribution in [1.82, 2.24) is 0 Å². The van der Waals surface area contributed by atoms with Gasteiger partial charge in [-0.2, -0.15) is 0 Å². The van der Waals surface area contributed by atoms with Crippen LogP contribution in [0.2, 0.25) is 0 Å². The summed E-state index contributed by atoms with van der Waals surface area (Å²) in [4.78, 5) is 2.54. The highest BCUT2D eigenvalue weighted by atomic mass is 15.1. The largest absolute Gasteiger partial charge is 0.310 e. The van der Waals surface area contributed by atoms with E-state index in [9.17, 15) is 0 Å². The van der Waals surface area contributed by atoms with E-state index in [1.165, 1.54) is 89.0 Å². The second-order valence-corrected chi connectivity index (χ2v) is 17.4. The van der Waals surface area contributed by atoms with Crippen molar-refractivity contribution in [2.75, 3.05) is 4.90 Å². The molecule has 0 aromatic heterocycles. The van der Waals surface area contributed by atoms with Gasteiger partial charge >= 0.3 is 0 Å². The van der Waals surface area contributed by atoms with Gasteiger partial charge < -0.3 is 4.90 Å². The van der Waals surface area contributed by atoms with Crippen LogP contribution in [0.4, 0.5) is 17.1 Å². The summed E-state index contributed by atoms with van der Waals surface area (Å²) in [5.41, 5.74) is 23.2. The molecular formula is C60H47N. The molecule has 0 spiro atoms. The second-order valence-electron chi connectivity index (χ2n) is 17.4. The number of nitrogens with zero attached hydrogens (tertiary/aromatic N) is 1. The van der Waals surface area contributed by atoms with E-state index in [2.05, 4.69) is 245 Å². The third-order valence-electron chi connectivity index (χ3n) is 13.6. The van der Waals surface area contributed by atoms with Crippen LogP contribution in [0.15, 0.2) is 212 Å². The van der Waals surface area contributed by atoms with Crippen molar-refractivity contribution in [2.45, 2.75) is 38.5 Å². The second kappa shape index (κ2) is 14.2. The monoisotopic (exact) mass is 781 g/mol. The predicted molar refractivity (Wildman–Crippen MR) is 256 cm³/mol. The smallest absolute Gasteiger partial charge is 0.0714 e. The molecule has 0 radical (unpaired) electrons. The van der Waals surface area contributed by atoms with Gasteiger partial charge in [0.05, 0.1) is 11.1 Å². The summed E-state index contributed by atoms with van der Waals surface area (Å²) in [6.45, 7) is 9.26. The lowest BCUT2D eigenvalue weighted by molar-refractivity contribution is 0.660. The molecule has 61 heavy (non-hydrogen) atoms. The van der Waals surface area contributed by atoms with Crippen LogP contribution in [0.1, 0.15) is 58.4 Å². The maximum atomic E-state index is 2.54. The molecule has 9 aromatic rings. The molecule has 9 aromatic carbocycles. The lowest BCUT2D eigenvalue weighted by Gasteiger charge is -2.35. The normalized spacial score (nSPS) is 13.8. The van der Waals surface area contributed by atoms with Gasteiger partial charge in [-0.05, 0) is 134 Å². The lowest BCUT2D eigenvalue weighted by Crippen LogP contribution is -2.28. The average molecular weight is 782 g/mol. The minimum Gasteiger partial charge on any atom is -0.310 e. The molecule has 0 amide bonds. The molecule has 292 valence electrons. The molecule has 0 N–H and O–H groups in total. The fourth-order valence-electron chi connectivity index (χ4n) is 10.8. The topological polar surface area (TPSA) is 3.24 Å². The van der Waals surface area contributed by atoms with E-state index < -0.39 is 5.41 Å². The molecule has 0 atom stereocenters. The highest BCUT2D eigenvalue weighted by Gasteiger charge is 2.46. The zero-order chi connectivity index (χ0) is 41.3. The lowest BCUT2D eigenvalue weighted by atomic mass is 9.67. The maximum absolute atomic E-state index is 2.54. The number of rotatable bonds is 7. The molecule has 1 heteroatoms. The molecule has 0 fully saturated rings. The van der Waals surface area contributed by atoms with Gasteiger partial charge in [-0.3, -0.25) is 0 Å². The van der Waals surface area contributed by atoms with Crippen LogP contribution < -0.4 is 4.90 Å². The zero-order valence-corrected chi connectivity index (χ0v) is 35.2. The Kier molecular flexibility index (Phi) is 8.58. The van der Waals surface area contributed by atoms with E-state index in [0.29, 0.717) is 0 Å². The van der Waals surface area contributed by atoms with Crippen LogP contribution in [-0.4, -0.2) is 0 Å². The molecule has 0 heterocycles. The molecule has 0 saturated heterocycles. The van der Waals surface area contributed by atoms with Gasteiger partial charge in [0.2, 0.25) is 0 Å². The molecule has 2 aliphatic rings. The Bertz CT molecular complexity index is 3060. The van der Waals surface area contributed by atoms with Crippen molar-refractivity contribution in [1.29, 1.82) is 0 Å². The summed E-state index contributed by atoms with van der Waals surface area (Å²) in [5.74, 6) is 0. The fourth-order valence-corrected chi connectivity index (χ4v) is 10.8. The van der Waals surface area contributed by atoms with E-state index in [-0.39, 0.29) is 5.41 Å². The number of hydrogen-bond donors (Lipinski definition) is 0. The van der Waals surface area contributed by atoms with Crippen molar-refractivity contribution in [3.05, 3.63) is 257 Å². The Balaban J connectivity index is 1.22. The Morgan fingerprint density at radius 2 is 0.836 bits per heavy atom. The first-order chi connectivity index (χ1) is 29.9. The molecule has 0 aliphatic heterocycles. The number of anilines is 3. The van der Waals surface area contributed by atoms with Gasteiger partial charge in [-0.15, -0.1) is 0 Å². The average Bonchev–Trinajstić information content (AvgIpc) is 3.73. The number of fused-ring (bicyclic) bond motifs is 6. The van der Waals surface area contributed by atoms with Gasteiger partial charge in [0.1, 0.15) is 0 Å². The highest BCUT2D eigenvalue weighted by Crippen LogP contribution is 2.58. The van der Waals surface area contributed by atoms with Crippen molar-refractivity contribution >= 4 is 17.1 Å². The minimum atomic E-state index is -0.524. The molecule has 0 bridgehead atoms. The van der Waals surface area contributed by atoms with Gasteiger partial charge in [0.25, 0.3) is 0 Å². The quantitative estimate of drug-likeness (QED) is 0.156. The van der Waals surface area contributed by atoms with Crippen molar-refractivity contribution < 1.29 is 0 Å². The molecule has 2 aliphatic carbocycles. The number of hydrogen-bond acceptors (Lipinski definition) is 1. The molecule has 0 unspecified atom stereocenters. The predicted octanol–water partition coefficient (Wildman–Crippen LogP) is 15.8. The first-order valence-corrected chi connectivity index (χ1v) is 21.5. The van der Waals surface area contributed by atoms with Crippen molar-refractivity contribution in [2.24, 2.45) is 0 Å². The van der Waals surface area contributed by atoms with E-state index in [1.807, 2.05) is 0 Å². The Morgan fingerprint density at radius 1 is 0.344 bits per heavy atom. The van der Waals surface area contributed by atoms with E-state index in [1.54, 1.807) is 0 Å². The summed E-state index contributed by atoms with van der Waals surface area (Å²) >= 11 is 0. The number of aryl methyl sites for hydroxylation is 2. The highest BCUT2D eigenvalue weighted by molar-refractivity contribution is 5.96. The van der Waals surface area contributed by atoms with Crippen LogP contribution in [0.3, 0.4) is 0 Å². The third kappa shape index (κ3) is 5.61. The maximum Gasteiger partial charge on any atom is 0.0714 e. The van der Waals surface area contributed by atoms with Crippen LogP contribution in [0.5, 0.6) is 0 Å². The van der Waals surface area contributed by atoms with Crippen LogP contribution in [-0.2, 0) is 10.8 Å². The number of benzene rings is 9. The Labute approximate surface area is 360 Å². The van der Waals surface area contributed by atoms with Crippen LogP contribution in [0.25, 0.3) is 44.5 Å². The van der Waals surface area contributed by atoms with Gasteiger partial charge in [-0.25, -0.2) is 0 Å². The SMILES string of the molecule is Cc1cccc(C)c1-c1cc(-c2ccccc2)ccc1N(c1ccc2c(c1)C(C)(C)c1ccccc1-2)c1ccc2c(c1)C(c1ccccc1)(c1ccccc1)c1ccccc1-2. The first kappa shape index (κ1) is 36.8. The van der Waals surface area contributed by atoms with Gasteiger partial charge in [-0.1, -0.05) is 190 Å². The third-order valence-corrected chi connectivity index (χ3v) is 13.6. The fraction of sp³-hybridized carbons (Fsp3) is 0.100. The summed E-state index contributed by atoms with van der Waals surface area (Å²) in [7, 11) is 0. The van der Waals surface area contributed by atoms with Crippen molar-refractivity contribution in [3.63, 3.8) is 0 Å².